The van der Waals surface area contributed by atoms with Gasteiger partial charge in [0.15, 0.2) is 5.82 Å². The number of fused-ring (bicyclic) bond motifs is 1. The summed E-state index contributed by atoms with van der Waals surface area (Å²) in [6.07, 6.45) is 2.74. The Morgan fingerprint density at radius 3 is 2.79 bits per heavy atom. The maximum Gasteiger partial charge on any atom is 0.209 e. The van der Waals surface area contributed by atoms with Crippen molar-refractivity contribution in [3.05, 3.63) is 53.5 Å². The van der Waals surface area contributed by atoms with E-state index in [9.17, 15) is 10.1 Å². The van der Waals surface area contributed by atoms with Gasteiger partial charge in [-0.1, -0.05) is 20.8 Å². The highest BCUT2D eigenvalue weighted by Gasteiger charge is 2.28. The number of ketones is 1. The molecule has 5 rings (SSSR count). The number of nitrogens with zero attached hydrogens (tertiary/aromatic N) is 6. The lowest BCUT2D eigenvalue weighted by molar-refractivity contribution is -0.116. The maximum absolute atomic E-state index is 11.5. The molecule has 0 bridgehead atoms. The van der Waals surface area contributed by atoms with Crippen molar-refractivity contribution in [1.29, 1.82) is 5.26 Å². The number of ether oxygens (including phenoxy) is 2. The molecule has 1 atom stereocenters. The van der Waals surface area contributed by atoms with Gasteiger partial charge in [-0.3, -0.25) is 14.5 Å². The Balaban J connectivity index is 1.48. The molecule has 196 valence electrons. The second kappa shape index (κ2) is 9.91. The van der Waals surface area contributed by atoms with E-state index in [0.717, 1.165) is 18.7 Å². The monoisotopic (exact) mass is 513 g/mol. The fraction of sp³-hybridized carbons (Fsp3) is 0.393. The first-order chi connectivity index (χ1) is 18.1. The summed E-state index contributed by atoms with van der Waals surface area (Å²) in [6, 6.07) is 11.5. The average Bonchev–Trinajstić information content (AvgIpc) is 3.59. The summed E-state index contributed by atoms with van der Waals surface area (Å²) in [6.45, 7) is 9.41. The van der Waals surface area contributed by atoms with Crippen LogP contribution in [-0.4, -0.2) is 43.3 Å². The molecule has 4 aromatic rings. The molecule has 1 saturated heterocycles. The van der Waals surface area contributed by atoms with E-state index in [0.29, 0.717) is 52.2 Å². The summed E-state index contributed by atoms with van der Waals surface area (Å²) < 4.78 is 15.6. The number of nitrogens with one attached hydrogen (secondary N) is 1. The minimum Gasteiger partial charge on any atom is -0.456 e. The summed E-state index contributed by atoms with van der Waals surface area (Å²) in [5, 5.41) is 18.3. The number of Topliss-reactive ketones (excluding diaryl/α,β-unsaturated/α-hetero) is 1. The third-order valence-corrected chi connectivity index (χ3v) is 6.55. The molecule has 0 spiro atoms. The lowest BCUT2D eigenvalue weighted by Crippen LogP contribution is -2.22. The van der Waals surface area contributed by atoms with E-state index >= 15 is 0 Å². The highest BCUT2D eigenvalue weighted by atomic mass is 16.5. The fourth-order valence-electron chi connectivity index (χ4n) is 4.71. The number of aryl methyl sites for hydroxylation is 1. The normalized spacial score (nSPS) is 15.5. The first kappa shape index (κ1) is 25.4. The van der Waals surface area contributed by atoms with Gasteiger partial charge in [0.1, 0.15) is 28.9 Å². The zero-order valence-electron chi connectivity index (χ0n) is 22.3. The van der Waals surface area contributed by atoms with Crippen molar-refractivity contribution in [2.24, 2.45) is 7.05 Å². The van der Waals surface area contributed by atoms with Crippen LogP contribution in [-0.2, 0) is 28.4 Å². The third-order valence-electron chi connectivity index (χ3n) is 6.55. The quantitative estimate of drug-likeness (QED) is 0.368. The van der Waals surface area contributed by atoms with Crippen molar-refractivity contribution in [1.82, 2.24) is 24.3 Å². The number of aromatic nitrogens is 5. The maximum atomic E-state index is 11.5. The Hall–Kier alpha value is -4.23. The number of carbonyl (C=O) groups is 1. The third kappa shape index (κ3) is 4.97. The molecule has 3 aromatic heterocycles. The van der Waals surface area contributed by atoms with Crippen LogP contribution in [0.1, 0.15) is 57.1 Å². The molecular formula is C28H31N7O3. The predicted molar refractivity (Wildman–Crippen MR) is 143 cm³/mol. The van der Waals surface area contributed by atoms with E-state index < -0.39 is 0 Å². The molecule has 1 aliphatic heterocycles. The number of carbonyl (C=O) groups excluding carboxylic acids is 1. The van der Waals surface area contributed by atoms with Crippen LogP contribution in [0.3, 0.4) is 0 Å². The van der Waals surface area contributed by atoms with Crippen molar-refractivity contribution >= 4 is 28.6 Å². The van der Waals surface area contributed by atoms with E-state index in [4.69, 9.17) is 19.6 Å². The zero-order chi connectivity index (χ0) is 27.0. The minimum atomic E-state index is -0.0979. The average molecular weight is 514 g/mol. The first-order valence-electron chi connectivity index (χ1n) is 12.6. The molecule has 1 unspecified atom stereocenters. The zero-order valence-corrected chi connectivity index (χ0v) is 22.3. The molecular weight excluding hydrogens is 482 g/mol. The van der Waals surface area contributed by atoms with Gasteiger partial charge in [0.05, 0.1) is 29.4 Å². The highest BCUT2D eigenvalue weighted by Crippen LogP contribution is 2.34. The Morgan fingerprint density at radius 2 is 2.11 bits per heavy atom. The standard InChI is InChI=1S/C28H31N7O3/c1-17(36)12-18-13-20(8-10-30-18)38-23-7-6-22-26(21(23)15-29)34(5)27(31-22)32-25-14-24(28(2,3)4)35(33-25)19-9-11-37-16-19/h6-8,10,13-14,19H,9,11-12,16H2,1-5H3,(H,31,32,33). The Bertz CT molecular complexity index is 1550. The van der Waals surface area contributed by atoms with Crippen molar-refractivity contribution in [2.45, 2.75) is 52.0 Å². The number of benzene rings is 1. The van der Waals surface area contributed by atoms with Crippen LogP contribution in [0.4, 0.5) is 11.8 Å². The van der Waals surface area contributed by atoms with E-state index in [1.807, 2.05) is 17.7 Å². The Kier molecular flexibility index (Phi) is 6.63. The number of hydrogen-bond donors (Lipinski definition) is 1. The largest absolute Gasteiger partial charge is 0.456 e. The smallest absolute Gasteiger partial charge is 0.209 e. The number of hydrogen-bond acceptors (Lipinski definition) is 8. The summed E-state index contributed by atoms with van der Waals surface area (Å²) in [5.74, 6) is 2.16. The van der Waals surface area contributed by atoms with Crippen LogP contribution < -0.4 is 10.1 Å². The Morgan fingerprint density at radius 1 is 1.29 bits per heavy atom. The number of nitriles is 1. The van der Waals surface area contributed by atoms with Gasteiger partial charge in [0.2, 0.25) is 5.95 Å². The second-order valence-corrected chi connectivity index (χ2v) is 10.6. The van der Waals surface area contributed by atoms with Gasteiger partial charge in [-0.15, -0.1) is 0 Å². The predicted octanol–water partition coefficient (Wildman–Crippen LogP) is 4.96. The van der Waals surface area contributed by atoms with Crippen LogP contribution in [0.2, 0.25) is 0 Å². The van der Waals surface area contributed by atoms with Gasteiger partial charge in [-0.2, -0.15) is 10.4 Å². The molecule has 0 aliphatic carbocycles. The van der Waals surface area contributed by atoms with Crippen molar-refractivity contribution in [2.75, 3.05) is 18.5 Å². The lowest BCUT2D eigenvalue weighted by atomic mass is 9.91. The molecule has 38 heavy (non-hydrogen) atoms. The van der Waals surface area contributed by atoms with E-state index in [1.165, 1.54) is 6.92 Å². The van der Waals surface area contributed by atoms with Gasteiger partial charge in [-0.05, 0) is 31.5 Å². The minimum absolute atomic E-state index is 0.0136. The molecule has 1 aliphatic rings. The number of rotatable bonds is 7. The molecule has 1 fully saturated rings. The van der Waals surface area contributed by atoms with Crippen LogP contribution in [0.15, 0.2) is 36.5 Å². The summed E-state index contributed by atoms with van der Waals surface area (Å²) in [4.78, 5) is 20.4. The van der Waals surface area contributed by atoms with E-state index in [2.05, 4.69) is 47.9 Å². The van der Waals surface area contributed by atoms with Gasteiger partial charge in [0.25, 0.3) is 0 Å². The van der Waals surface area contributed by atoms with Crippen molar-refractivity contribution in [3.63, 3.8) is 0 Å². The molecule has 10 heteroatoms. The highest BCUT2D eigenvalue weighted by molar-refractivity contribution is 5.87. The SMILES string of the molecule is CC(=O)Cc1cc(Oc2ccc3nc(Nc4cc(C(C)(C)C)n(C5CCOC5)n4)n(C)c3c2C#N)ccn1. The molecule has 0 radical (unpaired) electrons. The summed E-state index contributed by atoms with van der Waals surface area (Å²) >= 11 is 0. The molecule has 4 heterocycles. The number of anilines is 2. The lowest BCUT2D eigenvalue weighted by Gasteiger charge is -2.22. The first-order valence-corrected chi connectivity index (χ1v) is 12.6. The molecule has 1 N–H and O–H groups in total. The van der Waals surface area contributed by atoms with Crippen molar-refractivity contribution in [3.8, 4) is 17.6 Å². The van der Waals surface area contributed by atoms with E-state index in [1.54, 1.807) is 24.4 Å². The van der Waals surface area contributed by atoms with Crippen LogP contribution in [0, 0.1) is 11.3 Å². The van der Waals surface area contributed by atoms with Gasteiger partial charge in [-0.25, -0.2) is 4.98 Å². The summed E-state index contributed by atoms with van der Waals surface area (Å²) in [7, 11) is 1.85. The van der Waals surface area contributed by atoms with Gasteiger partial charge in [0, 0.05) is 49.5 Å². The molecule has 0 saturated carbocycles. The topological polar surface area (TPSA) is 120 Å². The number of pyridine rings is 1. The molecule has 10 nitrogen and oxygen atoms in total. The van der Waals surface area contributed by atoms with E-state index in [-0.39, 0.29) is 23.7 Å². The van der Waals surface area contributed by atoms with Crippen LogP contribution in [0.25, 0.3) is 11.0 Å². The second-order valence-electron chi connectivity index (χ2n) is 10.6. The van der Waals surface area contributed by atoms with Gasteiger partial charge >= 0.3 is 0 Å². The van der Waals surface area contributed by atoms with Crippen LogP contribution in [0.5, 0.6) is 11.5 Å². The van der Waals surface area contributed by atoms with Crippen LogP contribution >= 0.6 is 0 Å². The molecule has 1 aromatic carbocycles. The Labute approximate surface area is 221 Å². The molecule has 0 amide bonds. The summed E-state index contributed by atoms with van der Waals surface area (Å²) in [5.41, 5.74) is 3.29. The van der Waals surface area contributed by atoms with Crippen molar-refractivity contribution < 1.29 is 14.3 Å². The fourth-order valence-corrected chi connectivity index (χ4v) is 4.71. The van der Waals surface area contributed by atoms with Gasteiger partial charge < -0.3 is 19.4 Å². The number of imidazole rings is 1.